The Hall–Kier alpha value is -2.94. The number of benzene rings is 1. The van der Waals surface area contributed by atoms with Gasteiger partial charge in [0, 0.05) is 24.5 Å². The number of H-pyrrole nitrogens is 1. The Morgan fingerprint density at radius 2 is 1.86 bits per heavy atom. The van der Waals surface area contributed by atoms with Crippen molar-refractivity contribution in [1.29, 1.82) is 0 Å². The van der Waals surface area contributed by atoms with E-state index in [1.165, 1.54) is 11.8 Å². The quantitative estimate of drug-likeness (QED) is 0.363. The summed E-state index contributed by atoms with van der Waals surface area (Å²) in [5, 5.41) is 0.822. The molecular weight excluding hydrogens is 462 g/mol. The normalized spacial score (nSPS) is 18.5. The monoisotopic (exact) mass is 491 g/mol. The molecule has 1 aromatic carbocycles. The van der Waals surface area contributed by atoms with Crippen LogP contribution >= 0.6 is 11.8 Å². The van der Waals surface area contributed by atoms with Crippen LogP contribution in [0.15, 0.2) is 44.9 Å². The van der Waals surface area contributed by atoms with Gasteiger partial charge in [-0.2, -0.15) is 0 Å². The van der Waals surface area contributed by atoms with Crippen molar-refractivity contribution in [3.05, 3.63) is 62.6 Å². The third-order valence-electron chi connectivity index (χ3n) is 7.27. The van der Waals surface area contributed by atoms with Gasteiger partial charge >= 0.3 is 5.69 Å². The molecule has 0 spiro atoms. The van der Waals surface area contributed by atoms with Gasteiger partial charge in [-0.25, -0.2) is 14.8 Å². The first-order chi connectivity index (χ1) is 17.0. The van der Waals surface area contributed by atoms with Gasteiger partial charge in [-0.1, -0.05) is 42.1 Å². The lowest BCUT2D eigenvalue weighted by Gasteiger charge is -2.29. The lowest BCUT2D eigenvalue weighted by atomic mass is 10.1. The number of carbonyl (C=O) groups excluding carboxylic acids is 1. The van der Waals surface area contributed by atoms with E-state index in [1.54, 1.807) is 4.57 Å². The van der Waals surface area contributed by atoms with Crippen molar-refractivity contribution in [2.45, 2.75) is 75.0 Å². The molecule has 0 aliphatic heterocycles. The van der Waals surface area contributed by atoms with Crippen LogP contribution in [0.25, 0.3) is 11.0 Å². The van der Waals surface area contributed by atoms with E-state index < -0.39 is 11.2 Å². The van der Waals surface area contributed by atoms with Gasteiger partial charge in [0.1, 0.15) is 16.2 Å². The lowest BCUT2D eigenvalue weighted by molar-refractivity contribution is -0.131. The van der Waals surface area contributed by atoms with Crippen molar-refractivity contribution >= 4 is 28.7 Å². The molecule has 2 heterocycles. The highest BCUT2D eigenvalue weighted by Gasteiger charge is 2.35. The highest BCUT2D eigenvalue weighted by molar-refractivity contribution is 8.00. The number of nitrogens with one attached hydrogen (secondary N) is 1. The van der Waals surface area contributed by atoms with E-state index >= 15 is 0 Å². The molecule has 8 nitrogen and oxygen atoms in total. The summed E-state index contributed by atoms with van der Waals surface area (Å²) in [7, 11) is 0. The van der Waals surface area contributed by atoms with Gasteiger partial charge in [0.05, 0.1) is 5.75 Å². The third-order valence-corrected chi connectivity index (χ3v) is 8.23. The number of hydrogen-bond donors (Lipinski definition) is 1. The van der Waals surface area contributed by atoms with Crippen LogP contribution < -0.4 is 11.2 Å². The molecule has 0 radical (unpaired) electrons. The minimum Gasteiger partial charge on any atom is -0.335 e. The summed E-state index contributed by atoms with van der Waals surface area (Å²) in [5.41, 5.74) is 0.629. The van der Waals surface area contributed by atoms with E-state index in [-0.39, 0.29) is 29.7 Å². The predicted molar refractivity (Wildman–Crippen MR) is 135 cm³/mol. The maximum Gasteiger partial charge on any atom is 0.330 e. The van der Waals surface area contributed by atoms with Gasteiger partial charge in [0.25, 0.3) is 5.56 Å². The average Bonchev–Trinajstić information content (AvgIpc) is 3.71. The zero-order valence-electron chi connectivity index (χ0n) is 19.8. The molecule has 3 fully saturated rings. The van der Waals surface area contributed by atoms with Gasteiger partial charge in [-0.15, -0.1) is 0 Å². The lowest BCUT2D eigenvalue weighted by Crippen LogP contribution is -2.40. The molecule has 2 aromatic heterocycles. The minimum absolute atomic E-state index is 0.0323. The number of carbonyl (C=O) groups is 1. The maximum atomic E-state index is 13.5. The SMILES string of the molecule is C[C@H](C1CC1)N(Cc1ccccc1)C(=O)CSc1nc(C2CC2)nc2c1c(=O)[nH]c(=O)n2C1CC1. The van der Waals surface area contributed by atoms with Crippen molar-refractivity contribution in [2.24, 2.45) is 5.92 Å². The van der Waals surface area contributed by atoms with Crippen molar-refractivity contribution < 1.29 is 4.79 Å². The van der Waals surface area contributed by atoms with Crippen LogP contribution in [0, 0.1) is 5.92 Å². The van der Waals surface area contributed by atoms with Crippen LogP contribution in [0.1, 0.15) is 68.8 Å². The molecule has 9 heteroatoms. The van der Waals surface area contributed by atoms with Gasteiger partial charge < -0.3 is 4.90 Å². The Morgan fingerprint density at radius 3 is 2.51 bits per heavy atom. The van der Waals surface area contributed by atoms with Crippen molar-refractivity contribution in [3.8, 4) is 0 Å². The molecule has 0 bridgehead atoms. The van der Waals surface area contributed by atoms with E-state index in [0.29, 0.717) is 34.3 Å². The molecule has 35 heavy (non-hydrogen) atoms. The molecule has 1 atom stereocenters. The van der Waals surface area contributed by atoms with Gasteiger partial charge in [0.2, 0.25) is 5.91 Å². The van der Waals surface area contributed by atoms with Gasteiger partial charge in [0.15, 0.2) is 5.65 Å². The second kappa shape index (κ2) is 8.93. The van der Waals surface area contributed by atoms with Gasteiger partial charge in [-0.05, 0) is 56.9 Å². The summed E-state index contributed by atoms with van der Waals surface area (Å²) in [6, 6.07) is 10.3. The van der Waals surface area contributed by atoms with Crippen LogP contribution in [0.5, 0.6) is 0 Å². The van der Waals surface area contributed by atoms with Gasteiger partial charge in [-0.3, -0.25) is 19.1 Å². The fourth-order valence-electron chi connectivity index (χ4n) is 4.72. The summed E-state index contributed by atoms with van der Waals surface area (Å²) in [6.45, 7) is 2.70. The van der Waals surface area contributed by atoms with Crippen LogP contribution in [-0.4, -0.2) is 42.1 Å². The predicted octanol–water partition coefficient (Wildman–Crippen LogP) is 3.61. The molecule has 182 valence electrons. The van der Waals surface area contributed by atoms with Crippen molar-refractivity contribution in [3.63, 3.8) is 0 Å². The molecule has 0 unspecified atom stereocenters. The Bertz CT molecular complexity index is 1390. The number of aromatic nitrogens is 4. The summed E-state index contributed by atoms with van der Waals surface area (Å²) in [5.74, 6) is 1.71. The molecule has 3 saturated carbocycles. The van der Waals surface area contributed by atoms with Crippen molar-refractivity contribution in [1.82, 2.24) is 24.4 Å². The number of hydrogen-bond acceptors (Lipinski definition) is 6. The highest BCUT2D eigenvalue weighted by atomic mass is 32.2. The Balaban J connectivity index is 1.32. The summed E-state index contributed by atoms with van der Waals surface area (Å²) < 4.78 is 1.62. The van der Waals surface area contributed by atoms with E-state index in [9.17, 15) is 14.4 Å². The minimum atomic E-state index is -0.480. The molecule has 1 N–H and O–H groups in total. The number of thioether (sulfide) groups is 1. The smallest absolute Gasteiger partial charge is 0.330 e. The topological polar surface area (TPSA) is 101 Å². The Kier molecular flexibility index (Phi) is 5.75. The molecule has 1 amide bonds. The van der Waals surface area contributed by atoms with E-state index in [4.69, 9.17) is 4.98 Å². The summed E-state index contributed by atoms with van der Waals surface area (Å²) in [4.78, 5) is 52.8. The number of nitrogens with zero attached hydrogens (tertiary/aromatic N) is 4. The highest BCUT2D eigenvalue weighted by Crippen LogP contribution is 2.41. The largest absolute Gasteiger partial charge is 0.335 e. The molecule has 3 aromatic rings. The third kappa shape index (κ3) is 4.66. The first-order valence-electron chi connectivity index (χ1n) is 12.5. The van der Waals surface area contributed by atoms with E-state index in [1.807, 2.05) is 35.2 Å². The van der Waals surface area contributed by atoms with Crippen molar-refractivity contribution in [2.75, 3.05) is 5.75 Å². The molecule has 3 aliphatic rings. The van der Waals surface area contributed by atoms with E-state index in [0.717, 1.165) is 44.1 Å². The molecule has 0 saturated heterocycles. The van der Waals surface area contributed by atoms with Crippen LogP contribution in [0.4, 0.5) is 0 Å². The average molecular weight is 492 g/mol. The first kappa shape index (κ1) is 22.5. The molecule has 6 rings (SSSR count). The summed E-state index contributed by atoms with van der Waals surface area (Å²) in [6.07, 6.45) is 6.13. The summed E-state index contributed by atoms with van der Waals surface area (Å²) >= 11 is 1.29. The number of rotatable bonds is 9. The zero-order chi connectivity index (χ0) is 24.1. The Morgan fingerprint density at radius 1 is 1.11 bits per heavy atom. The van der Waals surface area contributed by atoms with Crippen LogP contribution in [0.2, 0.25) is 0 Å². The number of fused-ring (bicyclic) bond motifs is 1. The number of aromatic amines is 1. The standard InChI is InChI=1S/C26H29N5O3S/c1-15(17-7-8-17)30(13-16-5-3-2-4-6-16)20(32)14-35-25-21-23(27-22(28-25)18-9-10-18)31(19-11-12-19)26(34)29-24(21)33/h2-6,15,17-19H,7-14H2,1H3,(H,29,33,34)/t15-/m1/s1. The fraction of sp³-hybridized carbons (Fsp3) is 0.500. The van der Waals surface area contributed by atoms with E-state index in [2.05, 4.69) is 16.9 Å². The van der Waals surface area contributed by atoms with Crippen LogP contribution in [-0.2, 0) is 11.3 Å². The second-order valence-corrected chi connectivity index (χ2v) is 11.1. The maximum absolute atomic E-state index is 13.5. The second-order valence-electron chi connectivity index (χ2n) is 10.1. The Labute approximate surface area is 207 Å². The fourth-order valence-corrected chi connectivity index (χ4v) is 5.63. The van der Waals surface area contributed by atoms with Crippen LogP contribution in [0.3, 0.4) is 0 Å². The molecule has 3 aliphatic carbocycles. The molecular formula is C26H29N5O3S. The number of amides is 1. The first-order valence-corrected chi connectivity index (χ1v) is 13.5. The zero-order valence-corrected chi connectivity index (χ0v) is 20.6.